The number of hydrogen-bond donors (Lipinski definition) is 1. The molecule has 0 aliphatic carbocycles. The maximum absolute atomic E-state index is 12.4. The van der Waals surface area contributed by atoms with Crippen LogP contribution < -0.4 is 19.9 Å². The summed E-state index contributed by atoms with van der Waals surface area (Å²) in [6.07, 6.45) is -4.44. The molecule has 0 unspecified atom stereocenters. The fourth-order valence-corrected chi connectivity index (χ4v) is 2.46. The highest BCUT2D eigenvalue weighted by Gasteiger charge is 2.30. The third kappa shape index (κ3) is 4.57. The van der Waals surface area contributed by atoms with Gasteiger partial charge in [-0.25, -0.2) is 0 Å². The van der Waals surface area contributed by atoms with Gasteiger partial charge in [0.1, 0.15) is 0 Å². The van der Waals surface area contributed by atoms with E-state index in [-0.39, 0.29) is 6.01 Å². The van der Waals surface area contributed by atoms with Crippen molar-refractivity contribution in [2.24, 2.45) is 0 Å². The number of piperazine rings is 1. The molecule has 2 aliphatic heterocycles. The monoisotopic (exact) mass is 348 g/mol. The van der Waals surface area contributed by atoms with Gasteiger partial charge >= 0.3 is 12.2 Å². The number of anilines is 2. The van der Waals surface area contributed by atoms with Gasteiger partial charge in [0.2, 0.25) is 11.9 Å². The predicted octanol–water partition coefficient (Wildman–Crippen LogP) is 0.0589. The summed E-state index contributed by atoms with van der Waals surface area (Å²) < 4.78 is 47.3. The molecule has 0 amide bonds. The van der Waals surface area contributed by atoms with Crippen LogP contribution in [0.15, 0.2) is 0 Å². The summed E-state index contributed by atoms with van der Waals surface area (Å²) in [5, 5.41) is 3.20. The maximum Gasteiger partial charge on any atom is 0.422 e. The highest BCUT2D eigenvalue weighted by molar-refractivity contribution is 5.41. The zero-order valence-electron chi connectivity index (χ0n) is 13.1. The van der Waals surface area contributed by atoms with Crippen molar-refractivity contribution in [2.45, 2.75) is 6.18 Å². The molecule has 0 radical (unpaired) electrons. The first-order chi connectivity index (χ1) is 11.5. The Morgan fingerprint density at radius 1 is 0.958 bits per heavy atom. The Bertz CT molecular complexity index is 511. The summed E-state index contributed by atoms with van der Waals surface area (Å²) in [5.74, 6) is 0.657. The molecule has 3 rings (SSSR count). The first kappa shape index (κ1) is 17.0. The van der Waals surface area contributed by atoms with Gasteiger partial charge in [-0.15, -0.1) is 0 Å². The molecular formula is C13H19F3N6O2. The van der Waals surface area contributed by atoms with Crippen LogP contribution in [0.1, 0.15) is 0 Å². The third-order valence-electron chi connectivity index (χ3n) is 3.65. The number of hydrogen-bond acceptors (Lipinski definition) is 8. The van der Waals surface area contributed by atoms with Gasteiger partial charge in [-0.05, 0) is 0 Å². The zero-order chi connectivity index (χ0) is 17.0. The second kappa shape index (κ2) is 7.34. The molecule has 11 heteroatoms. The molecule has 3 heterocycles. The van der Waals surface area contributed by atoms with E-state index in [0.29, 0.717) is 51.3 Å². The molecule has 2 aliphatic rings. The molecule has 0 saturated carbocycles. The van der Waals surface area contributed by atoms with E-state index in [4.69, 9.17) is 9.47 Å². The number of nitrogens with zero attached hydrogens (tertiary/aromatic N) is 5. The van der Waals surface area contributed by atoms with Gasteiger partial charge in [-0.2, -0.15) is 28.1 Å². The molecule has 1 aromatic rings. The Hall–Kier alpha value is -1.88. The molecule has 8 nitrogen and oxygen atoms in total. The van der Waals surface area contributed by atoms with Crippen molar-refractivity contribution < 1.29 is 22.6 Å². The Kier molecular flexibility index (Phi) is 5.19. The molecular weight excluding hydrogens is 329 g/mol. The Morgan fingerprint density at radius 2 is 1.54 bits per heavy atom. The van der Waals surface area contributed by atoms with Crippen molar-refractivity contribution in [3.05, 3.63) is 0 Å². The van der Waals surface area contributed by atoms with E-state index < -0.39 is 12.8 Å². The number of nitrogens with one attached hydrogen (secondary N) is 1. The smallest absolute Gasteiger partial charge is 0.422 e. The number of alkyl halides is 3. The van der Waals surface area contributed by atoms with E-state index in [1.807, 2.05) is 9.80 Å². The van der Waals surface area contributed by atoms with Crippen molar-refractivity contribution in [3.63, 3.8) is 0 Å². The fourth-order valence-electron chi connectivity index (χ4n) is 2.46. The zero-order valence-corrected chi connectivity index (χ0v) is 13.1. The summed E-state index contributed by atoms with van der Waals surface area (Å²) in [7, 11) is 0. The van der Waals surface area contributed by atoms with Crippen molar-refractivity contribution >= 4 is 11.9 Å². The van der Waals surface area contributed by atoms with Crippen LogP contribution in [0.4, 0.5) is 25.1 Å². The highest BCUT2D eigenvalue weighted by Crippen LogP contribution is 2.21. The van der Waals surface area contributed by atoms with Gasteiger partial charge in [0.05, 0.1) is 13.2 Å². The summed E-state index contributed by atoms with van der Waals surface area (Å²) in [6, 6.07) is -0.308. The standard InChI is InChI=1S/C13H19F3N6O2/c14-13(15,16)9-24-12-19-10(21-3-1-17-2-4-21)18-11(20-12)22-5-7-23-8-6-22/h17H,1-9H2. The lowest BCUT2D eigenvalue weighted by Crippen LogP contribution is -2.44. The van der Waals surface area contributed by atoms with Crippen LogP contribution in [0, 0.1) is 0 Å². The van der Waals surface area contributed by atoms with Crippen molar-refractivity contribution in [1.82, 2.24) is 20.3 Å². The SMILES string of the molecule is FC(F)(F)COc1nc(N2CCNCC2)nc(N2CCOCC2)n1. The van der Waals surface area contributed by atoms with Crippen molar-refractivity contribution in [2.75, 3.05) is 68.9 Å². The minimum atomic E-state index is -4.44. The fraction of sp³-hybridized carbons (Fsp3) is 0.769. The third-order valence-corrected chi connectivity index (χ3v) is 3.65. The molecule has 0 spiro atoms. The van der Waals surface area contributed by atoms with E-state index in [0.717, 1.165) is 13.1 Å². The molecule has 2 saturated heterocycles. The number of halogens is 3. The Balaban J connectivity index is 1.83. The van der Waals surface area contributed by atoms with E-state index in [1.165, 1.54) is 0 Å². The van der Waals surface area contributed by atoms with Crippen molar-refractivity contribution in [3.8, 4) is 6.01 Å². The summed E-state index contributed by atoms with van der Waals surface area (Å²) >= 11 is 0. The highest BCUT2D eigenvalue weighted by atomic mass is 19.4. The van der Waals surface area contributed by atoms with Gasteiger partial charge in [0.25, 0.3) is 0 Å². The first-order valence-electron chi connectivity index (χ1n) is 7.75. The van der Waals surface area contributed by atoms with Crippen LogP contribution >= 0.6 is 0 Å². The number of rotatable bonds is 4. The summed E-state index contributed by atoms with van der Waals surface area (Å²) in [4.78, 5) is 16.3. The Labute approximate surface area is 137 Å². The van der Waals surface area contributed by atoms with Gasteiger partial charge in [0.15, 0.2) is 6.61 Å². The van der Waals surface area contributed by atoms with E-state index >= 15 is 0 Å². The first-order valence-corrected chi connectivity index (χ1v) is 7.75. The van der Waals surface area contributed by atoms with Crippen LogP contribution in [0.5, 0.6) is 6.01 Å². The normalized spacial score (nSPS) is 19.5. The molecule has 0 bridgehead atoms. The quantitative estimate of drug-likeness (QED) is 0.819. The number of ether oxygens (including phenoxy) is 2. The predicted molar refractivity (Wildman–Crippen MR) is 79.5 cm³/mol. The minimum Gasteiger partial charge on any atom is -0.454 e. The number of morpholine rings is 1. The summed E-state index contributed by atoms with van der Waals surface area (Å²) in [6.45, 7) is 3.62. The van der Waals surface area contributed by atoms with E-state index in [2.05, 4.69) is 20.3 Å². The maximum atomic E-state index is 12.4. The molecule has 0 aromatic carbocycles. The molecule has 0 atom stereocenters. The molecule has 1 N–H and O–H groups in total. The van der Waals surface area contributed by atoms with Crippen molar-refractivity contribution in [1.29, 1.82) is 0 Å². The second-order valence-corrected chi connectivity index (χ2v) is 5.46. The van der Waals surface area contributed by atoms with Gasteiger partial charge in [-0.3, -0.25) is 0 Å². The Morgan fingerprint density at radius 3 is 2.12 bits per heavy atom. The van der Waals surface area contributed by atoms with E-state index in [9.17, 15) is 13.2 Å². The van der Waals surface area contributed by atoms with Gasteiger partial charge in [0, 0.05) is 39.3 Å². The minimum absolute atomic E-state index is 0.308. The number of aromatic nitrogens is 3. The van der Waals surface area contributed by atoms with Gasteiger partial charge < -0.3 is 24.6 Å². The largest absolute Gasteiger partial charge is 0.454 e. The summed E-state index contributed by atoms with van der Waals surface area (Å²) in [5.41, 5.74) is 0. The molecule has 134 valence electrons. The van der Waals surface area contributed by atoms with Crippen LogP contribution in [0.3, 0.4) is 0 Å². The van der Waals surface area contributed by atoms with Crippen LogP contribution in [0.25, 0.3) is 0 Å². The molecule has 2 fully saturated rings. The average molecular weight is 348 g/mol. The average Bonchev–Trinajstić information content (AvgIpc) is 2.61. The molecule has 24 heavy (non-hydrogen) atoms. The van der Waals surface area contributed by atoms with Gasteiger partial charge in [-0.1, -0.05) is 0 Å². The lowest BCUT2D eigenvalue weighted by molar-refractivity contribution is -0.154. The lowest BCUT2D eigenvalue weighted by Gasteiger charge is -2.30. The topological polar surface area (TPSA) is 75.6 Å². The molecule has 1 aromatic heterocycles. The van der Waals surface area contributed by atoms with Crippen LogP contribution in [-0.2, 0) is 4.74 Å². The van der Waals surface area contributed by atoms with Crippen LogP contribution in [-0.4, -0.2) is 80.2 Å². The lowest BCUT2D eigenvalue weighted by atomic mass is 10.4. The van der Waals surface area contributed by atoms with Crippen LogP contribution in [0.2, 0.25) is 0 Å². The van der Waals surface area contributed by atoms with E-state index in [1.54, 1.807) is 0 Å². The second-order valence-electron chi connectivity index (χ2n) is 5.46.